The molecule has 1 aliphatic rings. The lowest BCUT2D eigenvalue weighted by atomic mass is 10.0. The summed E-state index contributed by atoms with van der Waals surface area (Å²) < 4.78 is 44.4. The van der Waals surface area contributed by atoms with Crippen molar-refractivity contribution in [2.24, 2.45) is 0 Å². The second kappa shape index (κ2) is 8.79. The third kappa shape index (κ3) is 4.79. The molecule has 1 saturated carbocycles. The van der Waals surface area contributed by atoms with Crippen molar-refractivity contribution in [2.45, 2.75) is 44.5 Å². The molecule has 162 valence electrons. The van der Waals surface area contributed by atoms with Crippen molar-refractivity contribution in [2.75, 3.05) is 0 Å². The molecule has 0 radical (unpaired) electrons. The zero-order chi connectivity index (χ0) is 22.0. The fourth-order valence-corrected chi connectivity index (χ4v) is 4.18. The predicted molar refractivity (Wildman–Crippen MR) is 114 cm³/mol. The number of rotatable bonds is 5. The molecule has 1 fully saturated rings. The second-order valence-corrected chi connectivity index (χ2v) is 8.13. The van der Waals surface area contributed by atoms with Crippen LogP contribution in [0, 0.1) is 0 Å². The summed E-state index contributed by atoms with van der Waals surface area (Å²) >= 11 is 6.43. The number of fused-ring (bicyclic) bond motifs is 1. The van der Waals surface area contributed by atoms with Gasteiger partial charge < -0.3 is 10.1 Å². The van der Waals surface area contributed by atoms with Crippen LogP contribution >= 0.6 is 11.6 Å². The maximum absolute atomic E-state index is 13.0. The monoisotopic (exact) mass is 447 g/mol. The fourth-order valence-electron chi connectivity index (χ4n) is 3.91. The number of ether oxygens (including phenoxy) is 1. The van der Waals surface area contributed by atoms with Gasteiger partial charge in [-0.1, -0.05) is 60.8 Å². The van der Waals surface area contributed by atoms with E-state index in [1.165, 1.54) is 12.1 Å². The standard InChI is InChI=1S/C24H21ClF3NO2/c25-21-13-20(23(30)29-17-5-1-2-6-17)22(19-8-4-3-7-18(19)21)31-14-15-9-11-16(12-10-15)24(26,27)28/h3-4,7-13,17H,1-2,5-6,14H2,(H,29,30). The van der Waals surface area contributed by atoms with Crippen LogP contribution < -0.4 is 10.1 Å². The Bertz CT molecular complexity index is 1090. The van der Waals surface area contributed by atoms with E-state index in [2.05, 4.69) is 5.32 Å². The molecule has 0 aliphatic heterocycles. The van der Waals surface area contributed by atoms with E-state index in [0.717, 1.165) is 43.2 Å². The van der Waals surface area contributed by atoms with E-state index in [0.29, 0.717) is 27.3 Å². The summed E-state index contributed by atoms with van der Waals surface area (Å²) in [4.78, 5) is 13.0. The van der Waals surface area contributed by atoms with Crippen LogP contribution in [-0.2, 0) is 12.8 Å². The molecule has 0 bridgehead atoms. The van der Waals surface area contributed by atoms with Gasteiger partial charge in [0.25, 0.3) is 5.91 Å². The molecule has 1 N–H and O–H groups in total. The number of halogens is 4. The first-order valence-corrected chi connectivity index (χ1v) is 10.5. The third-order valence-corrected chi connectivity index (χ3v) is 5.86. The second-order valence-electron chi connectivity index (χ2n) is 7.72. The smallest absolute Gasteiger partial charge is 0.416 e. The van der Waals surface area contributed by atoms with Gasteiger partial charge >= 0.3 is 6.18 Å². The van der Waals surface area contributed by atoms with E-state index in [-0.39, 0.29) is 18.6 Å². The lowest BCUT2D eigenvalue weighted by molar-refractivity contribution is -0.137. The summed E-state index contributed by atoms with van der Waals surface area (Å²) in [7, 11) is 0. The van der Waals surface area contributed by atoms with Gasteiger partial charge in [0.1, 0.15) is 12.4 Å². The highest BCUT2D eigenvalue weighted by Gasteiger charge is 2.30. The van der Waals surface area contributed by atoms with Gasteiger partial charge in [0.05, 0.1) is 11.1 Å². The largest absolute Gasteiger partial charge is 0.487 e. The molecule has 0 aromatic heterocycles. The van der Waals surface area contributed by atoms with Gasteiger partial charge in [0.15, 0.2) is 0 Å². The Labute approximate surface area is 183 Å². The lowest BCUT2D eigenvalue weighted by Crippen LogP contribution is -2.32. The number of amides is 1. The molecule has 0 heterocycles. The van der Waals surface area contributed by atoms with Crippen molar-refractivity contribution in [3.63, 3.8) is 0 Å². The molecule has 3 aromatic carbocycles. The minimum Gasteiger partial charge on any atom is -0.487 e. The lowest BCUT2D eigenvalue weighted by Gasteiger charge is -2.18. The van der Waals surface area contributed by atoms with Crippen LogP contribution in [0.15, 0.2) is 54.6 Å². The number of benzene rings is 3. The molecule has 1 aliphatic carbocycles. The highest BCUT2D eigenvalue weighted by Crippen LogP contribution is 2.36. The first-order valence-electron chi connectivity index (χ1n) is 10.1. The molecule has 3 aromatic rings. The van der Waals surface area contributed by atoms with Crippen molar-refractivity contribution < 1.29 is 22.7 Å². The normalized spacial score (nSPS) is 14.7. The molecule has 0 unspecified atom stereocenters. The highest BCUT2D eigenvalue weighted by molar-refractivity contribution is 6.36. The first kappa shape index (κ1) is 21.5. The Morgan fingerprint density at radius 2 is 1.68 bits per heavy atom. The Balaban J connectivity index is 1.64. The Morgan fingerprint density at radius 1 is 1.03 bits per heavy atom. The summed E-state index contributed by atoms with van der Waals surface area (Å²) in [6.45, 7) is 0.0213. The van der Waals surface area contributed by atoms with Gasteiger partial charge in [-0.25, -0.2) is 0 Å². The van der Waals surface area contributed by atoms with Gasteiger partial charge in [0.2, 0.25) is 0 Å². The quantitative estimate of drug-likeness (QED) is 0.469. The Kier molecular flexibility index (Phi) is 6.10. The summed E-state index contributed by atoms with van der Waals surface area (Å²) in [6.07, 6.45) is -0.345. The Morgan fingerprint density at radius 3 is 2.32 bits per heavy atom. The van der Waals surface area contributed by atoms with Gasteiger partial charge in [0, 0.05) is 21.8 Å². The van der Waals surface area contributed by atoms with Crippen LogP contribution in [0.5, 0.6) is 5.75 Å². The van der Waals surface area contributed by atoms with E-state index in [4.69, 9.17) is 16.3 Å². The maximum atomic E-state index is 13.0. The fraction of sp³-hybridized carbons (Fsp3) is 0.292. The Hall–Kier alpha value is -2.73. The zero-order valence-electron chi connectivity index (χ0n) is 16.6. The van der Waals surface area contributed by atoms with E-state index in [1.54, 1.807) is 6.07 Å². The molecule has 0 spiro atoms. The SMILES string of the molecule is O=C(NC1CCCC1)c1cc(Cl)c2ccccc2c1OCc1ccc(C(F)(F)F)cc1. The minimum absolute atomic E-state index is 0.0213. The van der Waals surface area contributed by atoms with Crippen molar-refractivity contribution in [1.29, 1.82) is 0 Å². The van der Waals surface area contributed by atoms with Crippen LogP contribution in [0.3, 0.4) is 0 Å². The zero-order valence-corrected chi connectivity index (χ0v) is 17.4. The van der Waals surface area contributed by atoms with Crippen LogP contribution in [-0.4, -0.2) is 11.9 Å². The molecule has 0 saturated heterocycles. The third-order valence-electron chi connectivity index (χ3n) is 5.54. The van der Waals surface area contributed by atoms with Crippen LogP contribution in [0.4, 0.5) is 13.2 Å². The predicted octanol–water partition coefficient (Wildman–Crippen LogP) is 6.76. The number of carbonyl (C=O) groups excluding carboxylic acids is 1. The molecule has 0 atom stereocenters. The van der Waals surface area contributed by atoms with Crippen LogP contribution in [0.1, 0.15) is 47.2 Å². The van der Waals surface area contributed by atoms with Crippen molar-refractivity contribution in [3.05, 3.63) is 76.3 Å². The van der Waals surface area contributed by atoms with Crippen molar-refractivity contribution >= 4 is 28.3 Å². The number of alkyl halides is 3. The van der Waals surface area contributed by atoms with E-state index in [9.17, 15) is 18.0 Å². The van der Waals surface area contributed by atoms with Crippen molar-refractivity contribution in [1.82, 2.24) is 5.32 Å². The topological polar surface area (TPSA) is 38.3 Å². The molecule has 7 heteroatoms. The van der Waals surface area contributed by atoms with E-state index >= 15 is 0 Å². The summed E-state index contributed by atoms with van der Waals surface area (Å²) in [6, 6.07) is 13.8. The number of hydrogen-bond acceptors (Lipinski definition) is 2. The summed E-state index contributed by atoms with van der Waals surface area (Å²) in [5, 5.41) is 4.91. The molecular weight excluding hydrogens is 427 g/mol. The number of hydrogen-bond donors (Lipinski definition) is 1. The van der Waals surface area contributed by atoms with Gasteiger partial charge in [-0.2, -0.15) is 13.2 Å². The van der Waals surface area contributed by atoms with Crippen molar-refractivity contribution in [3.8, 4) is 5.75 Å². The highest BCUT2D eigenvalue weighted by atomic mass is 35.5. The molecule has 1 amide bonds. The van der Waals surface area contributed by atoms with Gasteiger partial charge in [-0.15, -0.1) is 0 Å². The summed E-state index contributed by atoms with van der Waals surface area (Å²) in [5.41, 5.74) is 0.168. The van der Waals surface area contributed by atoms with Gasteiger partial charge in [-0.3, -0.25) is 4.79 Å². The molecule has 4 rings (SSSR count). The average Bonchev–Trinajstić information content (AvgIpc) is 3.25. The average molecular weight is 448 g/mol. The molecule has 31 heavy (non-hydrogen) atoms. The first-order chi connectivity index (χ1) is 14.8. The number of carbonyl (C=O) groups is 1. The minimum atomic E-state index is -4.39. The van der Waals surface area contributed by atoms with E-state index < -0.39 is 11.7 Å². The molecule has 3 nitrogen and oxygen atoms in total. The van der Waals surface area contributed by atoms with Crippen LogP contribution in [0.2, 0.25) is 5.02 Å². The van der Waals surface area contributed by atoms with Gasteiger partial charge in [-0.05, 0) is 36.6 Å². The van der Waals surface area contributed by atoms with E-state index in [1.807, 2.05) is 24.3 Å². The number of nitrogens with one attached hydrogen (secondary N) is 1. The maximum Gasteiger partial charge on any atom is 0.416 e. The summed E-state index contributed by atoms with van der Waals surface area (Å²) in [5.74, 6) is 0.109. The molecular formula is C24H21ClF3NO2. The van der Waals surface area contributed by atoms with Crippen LogP contribution in [0.25, 0.3) is 10.8 Å².